The van der Waals surface area contributed by atoms with Crippen LogP contribution < -0.4 is 21.7 Å². The lowest BCUT2D eigenvalue weighted by molar-refractivity contribution is -0.114. The summed E-state index contributed by atoms with van der Waals surface area (Å²) in [6.07, 6.45) is 0.646. The van der Waals surface area contributed by atoms with Crippen LogP contribution in [-0.4, -0.2) is 85.0 Å². The molecule has 0 aromatic heterocycles. The van der Waals surface area contributed by atoms with Crippen molar-refractivity contribution in [2.45, 2.75) is 51.5 Å². The Morgan fingerprint density at radius 2 is 1.82 bits per heavy atom. The molecule has 1 aromatic carbocycles. The van der Waals surface area contributed by atoms with Gasteiger partial charge in [0, 0.05) is 43.5 Å². The molecule has 3 aliphatic heterocycles. The van der Waals surface area contributed by atoms with E-state index >= 15 is 0 Å². The number of piperidine rings is 1. The first-order valence-corrected chi connectivity index (χ1v) is 12.8. The SMILES string of the molecule is CC(C)(C)OC(=O)N1CCC[C@@H](NC2N=NC(C(N)=O)=C(Nc3ccc(C(=O)N4CCOCC4)cc3)N2)C1. The molecule has 2 fully saturated rings. The second-order valence-corrected chi connectivity index (χ2v) is 10.4. The van der Waals surface area contributed by atoms with Crippen LogP contribution in [0.4, 0.5) is 10.5 Å². The average molecular weight is 529 g/mol. The summed E-state index contributed by atoms with van der Waals surface area (Å²) < 4.78 is 10.8. The number of likely N-dealkylation sites (tertiary alicyclic amines) is 1. The molecule has 206 valence electrons. The first-order chi connectivity index (χ1) is 18.1. The van der Waals surface area contributed by atoms with E-state index in [0.717, 1.165) is 12.8 Å². The van der Waals surface area contributed by atoms with Crippen molar-refractivity contribution >= 4 is 23.6 Å². The normalized spacial score (nSPS) is 22.1. The lowest BCUT2D eigenvalue weighted by Gasteiger charge is -2.36. The Balaban J connectivity index is 1.37. The minimum absolute atomic E-state index is 0.0458. The Morgan fingerprint density at radius 1 is 1.11 bits per heavy atom. The number of nitrogens with one attached hydrogen (secondary N) is 3. The van der Waals surface area contributed by atoms with Crippen LogP contribution in [0, 0.1) is 0 Å². The first-order valence-electron chi connectivity index (χ1n) is 12.8. The van der Waals surface area contributed by atoms with Crippen LogP contribution in [0.25, 0.3) is 0 Å². The Labute approximate surface area is 221 Å². The number of carbonyl (C=O) groups excluding carboxylic acids is 3. The van der Waals surface area contributed by atoms with E-state index < -0.39 is 17.8 Å². The number of benzene rings is 1. The topological polar surface area (TPSA) is 163 Å². The molecule has 1 unspecified atom stereocenters. The molecule has 0 spiro atoms. The number of hydrogen-bond acceptors (Lipinski definition) is 10. The van der Waals surface area contributed by atoms with Crippen molar-refractivity contribution < 1.29 is 23.9 Å². The van der Waals surface area contributed by atoms with Crippen molar-refractivity contribution in [3.05, 3.63) is 41.3 Å². The maximum Gasteiger partial charge on any atom is 0.410 e. The highest BCUT2D eigenvalue weighted by Crippen LogP contribution is 2.20. The van der Waals surface area contributed by atoms with E-state index in [9.17, 15) is 14.4 Å². The van der Waals surface area contributed by atoms with Gasteiger partial charge in [-0.25, -0.2) is 4.79 Å². The third-order valence-electron chi connectivity index (χ3n) is 6.19. The maximum atomic E-state index is 12.7. The predicted molar refractivity (Wildman–Crippen MR) is 139 cm³/mol. The molecular formula is C25H36N8O5. The highest BCUT2D eigenvalue weighted by molar-refractivity contribution is 5.95. The van der Waals surface area contributed by atoms with Crippen LogP contribution in [0.1, 0.15) is 44.0 Å². The van der Waals surface area contributed by atoms with Crippen LogP contribution in [0.5, 0.6) is 0 Å². The third-order valence-corrected chi connectivity index (χ3v) is 6.19. The standard InChI is InChI=1S/C25H36N8O5/c1-25(2,3)38-24(36)33-10-4-5-18(15-33)28-23-29-21(19(20(26)34)30-31-23)27-17-8-6-16(7-9-17)22(35)32-11-13-37-14-12-32/h6-9,18,23,27-29H,4-5,10-15H2,1-3H3,(H2,26,34)/t18-,23?/m1/s1. The van der Waals surface area contributed by atoms with Gasteiger partial charge in [-0.2, -0.15) is 0 Å². The second-order valence-electron chi connectivity index (χ2n) is 10.4. The molecular weight excluding hydrogens is 492 g/mol. The number of primary amides is 1. The van der Waals surface area contributed by atoms with Gasteiger partial charge in [0.15, 0.2) is 12.0 Å². The van der Waals surface area contributed by atoms with E-state index in [0.29, 0.717) is 50.6 Å². The second kappa shape index (κ2) is 11.8. The Bertz CT molecular complexity index is 1090. The van der Waals surface area contributed by atoms with E-state index in [1.165, 1.54) is 0 Å². The monoisotopic (exact) mass is 528 g/mol. The first kappa shape index (κ1) is 27.3. The van der Waals surface area contributed by atoms with Gasteiger partial charge in [-0.05, 0) is 57.9 Å². The van der Waals surface area contributed by atoms with Crippen LogP contribution >= 0.6 is 0 Å². The summed E-state index contributed by atoms with van der Waals surface area (Å²) in [6, 6.07) is 6.87. The van der Waals surface area contributed by atoms with Gasteiger partial charge < -0.3 is 35.6 Å². The summed E-state index contributed by atoms with van der Waals surface area (Å²) in [5.41, 5.74) is 6.10. The summed E-state index contributed by atoms with van der Waals surface area (Å²) >= 11 is 0. The molecule has 5 N–H and O–H groups in total. The summed E-state index contributed by atoms with van der Waals surface area (Å²) in [5.74, 6) is -0.509. The van der Waals surface area contributed by atoms with Gasteiger partial charge in [-0.3, -0.25) is 14.9 Å². The summed E-state index contributed by atoms with van der Waals surface area (Å²) in [5, 5.41) is 17.8. The molecule has 0 saturated carbocycles. The molecule has 0 aliphatic carbocycles. The number of carbonyl (C=O) groups is 3. The molecule has 0 radical (unpaired) electrons. The van der Waals surface area contributed by atoms with Crippen LogP contribution in [0.15, 0.2) is 46.0 Å². The van der Waals surface area contributed by atoms with Gasteiger partial charge in [0.2, 0.25) is 0 Å². The lowest BCUT2D eigenvalue weighted by atomic mass is 10.1. The molecule has 38 heavy (non-hydrogen) atoms. The summed E-state index contributed by atoms with van der Waals surface area (Å²) in [4.78, 5) is 40.6. The van der Waals surface area contributed by atoms with E-state index in [2.05, 4.69) is 26.2 Å². The molecule has 0 bridgehead atoms. The fourth-order valence-corrected chi connectivity index (χ4v) is 4.36. The number of ether oxygens (including phenoxy) is 2. The van der Waals surface area contributed by atoms with Gasteiger partial charge in [-0.15, -0.1) is 10.2 Å². The summed E-state index contributed by atoms with van der Waals surface area (Å²) in [7, 11) is 0. The molecule has 3 amide bonds. The number of rotatable bonds is 6. The number of anilines is 1. The fourth-order valence-electron chi connectivity index (χ4n) is 4.36. The fraction of sp³-hybridized carbons (Fsp3) is 0.560. The van der Waals surface area contributed by atoms with Crippen LogP contribution in [0.2, 0.25) is 0 Å². The maximum absolute atomic E-state index is 12.7. The summed E-state index contributed by atoms with van der Waals surface area (Å²) in [6.45, 7) is 8.78. The molecule has 3 heterocycles. The predicted octanol–water partition coefficient (Wildman–Crippen LogP) is 1.55. The Morgan fingerprint density at radius 3 is 2.47 bits per heavy atom. The van der Waals surface area contributed by atoms with Crippen LogP contribution in [0.3, 0.4) is 0 Å². The van der Waals surface area contributed by atoms with Crippen molar-refractivity contribution in [2.75, 3.05) is 44.7 Å². The van der Waals surface area contributed by atoms with Gasteiger partial charge in [-0.1, -0.05) is 0 Å². The highest BCUT2D eigenvalue weighted by atomic mass is 16.6. The number of azo groups is 1. The van der Waals surface area contributed by atoms with Gasteiger partial charge in [0.05, 0.1) is 13.2 Å². The largest absolute Gasteiger partial charge is 0.444 e. The van der Waals surface area contributed by atoms with Crippen molar-refractivity contribution in [1.82, 2.24) is 20.4 Å². The van der Waals surface area contributed by atoms with E-state index in [-0.39, 0.29) is 29.6 Å². The number of nitrogens with zero attached hydrogens (tertiary/aromatic N) is 4. The van der Waals surface area contributed by atoms with E-state index in [4.69, 9.17) is 15.2 Å². The van der Waals surface area contributed by atoms with E-state index in [1.807, 2.05) is 20.8 Å². The van der Waals surface area contributed by atoms with Gasteiger partial charge in [0.25, 0.3) is 11.8 Å². The average Bonchev–Trinajstić information content (AvgIpc) is 2.88. The quantitative estimate of drug-likeness (QED) is 0.432. The Hall–Kier alpha value is -3.71. The Kier molecular flexibility index (Phi) is 8.47. The van der Waals surface area contributed by atoms with Crippen molar-refractivity contribution in [3.63, 3.8) is 0 Å². The zero-order valence-electron chi connectivity index (χ0n) is 22.0. The third kappa shape index (κ3) is 7.19. The zero-order valence-corrected chi connectivity index (χ0v) is 22.0. The van der Waals surface area contributed by atoms with E-state index in [1.54, 1.807) is 34.1 Å². The number of amides is 3. The minimum Gasteiger partial charge on any atom is -0.444 e. The molecule has 13 heteroatoms. The molecule has 2 saturated heterocycles. The number of morpholine rings is 1. The van der Waals surface area contributed by atoms with Gasteiger partial charge in [0.1, 0.15) is 11.4 Å². The molecule has 4 rings (SSSR count). The molecule has 2 atom stereocenters. The molecule has 1 aromatic rings. The van der Waals surface area contributed by atoms with Gasteiger partial charge >= 0.3 is 6.09 Å². The zero-order chi connectivity index (χ0) is 27.3. The van der Waals surface area contributed by atoms with Crippen molar-refractivity contribution in [3.8, 4) is 0 Å². The smallest absolute Gasteiger partial charge is 0.410 e. The van der Waals surface area contributed by atoms with Crippen molar-refractivity contribution in [1.29, 1.82) is 0 Å². The number of hydrogen-bond donors (Lipinski definition) is 4. The number of nitrogens with two attached hydrogens (primary N) is 1. The molecule has 3 aliphatic rings. The minimum atomic E-state index is -0.741. The van der Waals surface area contributed by atoms with Crippen LogP contribution in [-0.2, 0) is 14.3 Å². The highest BCUT2D eigenvalue weighted by Gasteiger charge is 2.30. The molecule has 13 nitrogen and oxygen atoms in total. The lowest BCUT2D eigenvalue weighted by Crippen LogP contribution is -2.55. The van der Waals surface area contributed by atoms with Crippen molar-refractivity contribution in [2.24, 2.45) is 16.0 Å².